The lowest BCUT2D eigenvalue weighted by molar-refractivity contribution is 0.483. The molecule has 0 spiro atoms. The zero-order chi connectivity index (χ0) is 14.5. The number of halogens is 1. The topological polar surface area (TPSA) is 38.1 Å². The highest BCUT2D eigenvalue weighted by molar-refractivity contribution is 9.10. The zero-order valence-corrected chi connectivity index (χ0v) is 13.8. The first-order valence-corrected chi connectivity index (χ1v) is 7.77. The molecule has 1 N–H and O–H groups in total. The third-order valence-electron chi connectivity index (χ3n) is 3.09. The molecule has 108 valence electrons. The van der Waals surface area contributed by atoms with Gasteiger partial charge in [-0.1, -0.05) is 35.8 Å². The van der Waals surface area contributed by atoms with Crippen molar-refractivity contribution in [1.29, 1.82) is 0 Å². The van der Waals surface area contributed by atoms with Crippen LogP contribution in [-0.4, -0.2) is 18.1 Å². The van der Waals surface area contributed by atoms with Gasteiger partial charge in [0.25, 0.3) is 0 Å². The van der Waals surface area contributed by atoms with E-state index in [1.165, 1.54) is 5.56 Å². The second kappa shape index (κ2) is 7.04. The third kappa shape index (κ3) is 4.18. The van der Waals surface area contributed by atoms with Gasteiger partial charge in [0.2, 0.25) is 0 Å². The Morgan fingerprint density at radius 2 is 2.15 bits per heavy atom. The second-order valence-electron chi connectivity index (χ2n) is 5.43. The molecule has 3 nitrogen and oxygen atoms in total. The Balaban J connectivity index is 2.00. The van der Waals surface area contributed by atoms with Gasteiger partial charge in [0.1, 0.15) is 0 Å². The Morgan fingerprint density at radius 3 is 2.90 bits per heavy atom. The quantitative estimate of drug-likeness (QED) is 0.803. The maximum absolute atomic E-state index is 5.84. The molecule has 2 rings (SSSR count). The Morgan fingerprint density at radius 1 is 1.35 bits per heavy atom. The molecule has 0 saturated carbocycles. The van der Waals surface area contributed by atoms with E-state index in [0.717, 1.165) is 41.2 Å². The molecule has 0 bridgehead atoms. The smallest absolute Gasteiger partial charge is 0.196 e. The van der Waals surface area contributed by atoms with E-state index in [-0.39, 0.29) is 0 Å². The van der Waals surface area contributed by atoms with Crippen molar-refractivity contribution in [3.05, 3.63) is 40.3 Å². The average molecular weight is 337 g/mol. The lowest BCUT2D eigenvalue weighted by Gasteiger charge is -2.05. The largest absolute Gasteiger partial charge is 0.441 e. The normalized spacial score (nSPS) is 11.2. The van der Waals surface area contributed by atoms with Crippen LogP contribution < -0.4 is 5.32 Å². The Kier molecular flexibility index (Phi) is 5.38. The molecule has 0 unspecified atom stereocenters. The van der Waals surface area contributed by atoms with Gasteiger partial charge >= 0.3 is 0 Å². The summed E-state index contributed by atoms with van der Waals surface area (Å²) in [4.78, 5) is 4.36. The van der Waals surface area contributed by atoms with Gasteiger partial charge in [0.15, 0.2) is 11.7 Å². The summed E-state index contributed by atoms with van der Waals surface area (Å²) in [5, 5.41) is 3.40. The molecule has 2 aromatic rings. The molecule has 1 aromatic heterocycles. The molecule has 0 aliphatic heterocycles. The van der Waals surface area contributed by atoms with Crippen LogP contribution in [0.3, 0.4) is 0 Å². The van der Waals surface area contributed by atoms with Gasteiger partial charge in [0.05, 0.1) is 6.20 Å². The van der Waals surface area contributed by atoms with Gasteiger partial charge in [0, 0.05) is 23.0 Å². The standard InChI is InChI=1S/C16H21BrN2O/c1-11(2)9-18-7-6-16-19-10-15(20-16)14-8-13(17)5-4-12(14)3/h4-5,8,10-11,18H,6-7,9H2,1-3H3. The highest BCUT2D eigenvalue weighted by Gasteiger charge is 2.09. The number of hydrogen-bond acceptors (Lipinski definition) is 3. The maximum atomic E-state index is 5.84. The van der Waals surface area contributed by atoms with Crippen molar-refractivity contribution in [2.45, 2.75) is 27.2 Å². The van der Waals surface area contributed by atoms with Crippen molar-refractivity contribution in [3.63, 3.8) is 0 Å². The molecule has 1 heterocycles. The van der Waals surface area contributed by atoms with Crippen LogP contribution in [0.1, 0.15) is 25.3 Å². The van der Waals surface area contributed by atoms with Crippen LogP contribution in [0.4, 0.5) is 0 Å². The average Bonchev–Trinajstić information content (AvgIpc) is 2.86. The molecule has 20 heavy (non-hydrogen) atoms. The summed E-state index contributed by atoms with van der Waals surface area (Å²) >= 11 is 3.49. The number of hydrogen-bond donors (Lipinski definition) is 1. The predicted molar refractivity (Wildman–Crippen MR) is 85.8 cm³/mol. The highest BCUT2D eigenvalue weighted by Crippen LogP contribution is 2.27. The number of nitrogens with one attached hydrogen (secondary N) is 1. The summed E-state index contributed by atoms with van der Waals surface area (Å²) in [6.45, 7) is 8.40. The van der Waals surface area contributed by atoms with Crippen LogP contribution in [0.15, 0.2) is 33.3 Å². The summed E-state index contributed by atoms with van der Waals surface area (Å²) in [6.07, 6.45) is 2.63. The molecule has 0 fully saturated rings. The fraction of sp³-hybridized carbons (Fsp3) is 0.438. The van der Waals surface area contributed by atoms with E-state index in [9.17, 15) is 0 Å². The molecule has 4 heteroatoms. The minimum absolute atomic E-state index is 0.666. The predicted octanol–water partition coefficient (Wildman–Crippen LogP) is 4.20. The molecule has 1 aromatic carbocycles. The van der Waals surface area contributed by atoms with Crippen molar-refractivity contribution in [1.82, 2.24) is 10.3 Å². The van der Waals surface area contributed by atoms with E-state index >= 15 is 0 Å². The second-order valence-corrected chi connectivity index (χ2v) is 6.34. The minimum Gasteiger partial charge on any atom is -0.441 e. The first kappa shape index (κ1) is 15.3. The monoisotopic (exact) mass is 336 g/mol. The molecular formula is C16H21BrN2O. The summed E-state index contributed by atoms with van der Waals surface area (Å²) in [6, 6.07) is 6.17. The molecular weight excluding hydrogens is 316 g/mol. The Bertz CT molecular complexity index is 563. The van der Waals surface area contributed by atoms with Crippen molar-refractivity contribution < 1.29 is 4.42 Å². The first-order chi connectivity index (χ1) is 9.56. The molecule has 0 aliphatic rings. The molecule has 0 saturated heterocycles. The Labute approximate surface area is 128 Å². The fourth-order valence-corrected chi connectivity index (χ4v) is 2.36. The van der Waals surface area contributed by atoms with Gasteiger partial charge in [-0.05, 0) is 37.1 Å². The van der Waals surface area contributed by atoms with Gasteiger partial charge in [-0.25, -0.2) is 4.98 Å². The number of oxazole rings is 1. The van der Waals surface area contributed by atoms with Gasteiger partial charge in [-0.2, -0.15) is 0 Å². The number of rotatable bonds is 6. The van der Waals surface area contributed by atoms with Crippen LogP contribution in [0.25, 0.3) is 11.3 Å². The van der Waals surface area contributed by atoms with Gasteiger partial charge in [-0.15, -0.1) is 0 Å². The van der Waals surface area contributed by atoms with Gasteiger partial charge in [-0.3, -0.25) is 0 Å². The van der Waals surface area contributed by atoms with Crippen molar-refractivity contribution >= 4 is 15.9 Å². The van der Waals surface area contributed by atoms with Crippen LogP contribution in [0.5, 0.6) is 0 Å². The van der Waals surface area contributed by atoms with E-state index in [0.29, 0.717) is 5.92 Å². The molecule has 0 amide bonds. The maximum Gasteiger partial charge on any atom is 0.196 e. The SMILES string of the molecule is Cc1ccc(Br)cc1-c1cnc(CCNCC(C)C)o1. The van der Waals surface area contributed by atoms with E-state index in [1.807, 2.05) is 12.3 Å². The first-order valence-electron chi connectivity index (χ1n) is 6.98. The third-order valence-corrected chi connectivity index (χ3v) is 3.58. The van der Waals surface area contributed by atoms with Crippen molar-refractivity contribution in [2.24, 2.45) is 5.92 Å². The lowest BCUT2D eigenvalue weighted by Crippen LogP contribution is -2.22. The highest BCUT2D eigenvalue weighted by atomic mass is 79.9. The van der Waals surface area contributed by atoms with E-state index in [1.54, 1.807) is 0 Å². The number of nitrogens with zero attached hydrogens (tertiary/aromatic N) is 1. The molecule has 0 radical (unpaired) electrons. The summed E-state index contributed by atoms with van der Waals surface area (Å²) in [5.41, 5.74) is 2.28. The van der Waals surface area contributed by atoms with E-state index in [2.05, 4.69) is 59.1 Å². The van der Waals surface area contributed by atoms with Gasteiger partial charge < -0.3 is 9.73 Å². The molecule has 0 aliphatic carbocycles. The summed E-state index contributed by atoms with van der Waals surface area (Å²) in [7, 11) is 0. The Hall–Kier alpha value is -1.13. The van der Waals surface area contributed by atoms with E-state index < -0.39 is 0 Å². The van der Waals surface area contributed by atoms with Crippen molar-refractivity contribution in [3.8, 4) is 11.3 Å². The number of aryl methyl sites for hydroxylation is 1. The lowest BCUT2D eigenvalue weighted by atomic mass is 10.1. The number of benzene rings is 1. The van der Waals surface area contributed by atoms with Crippen molar-refractivity contribution in [2.75, 3.05) is 13.1 Å². The van der Waals surface area contributed by atoms with Crippen LogP contribution in [0, 0.1) is 12.8 Å². The van der Waals surface area contributed by atoms with Crippen LogP contribution in [-0.2, 0) is 6.42 Å². The number of aromatic nitrogens is 1. The van der Waals surface area contributed by atoms with Crippen LogP contribution in [0.2, 0.25) is 0 Å². The fourth-order valence-electron chi connectivity index (χ4n) is 2.00. The van der Waals surface area contributed by atoms with E-state index in [4.69, 9.17) is 4.42 Å². The summed E-state index contributed by atoms with van der Waals surface area (Å²) in [5.74, 6) is 2.29. The minimum atomic E-state index is 0.666. The zero-order valence-electron chi connectivity index (χ0n) is 12.2. The summed E-state index contributed by atoms with van der Waals surface area (Å²) < 4.78 is 6.89. The van der Waals surface area contributed by atoms with Crippen LogP contribution >= 0.6 is 15.9 Å². The molecule has 0 atom stereocenters.